The van der Waals surface area contributed by atoms with E-state index in [1.807, 2.05) is 25.1 Å². The van der Waals surface area contributed by atoms with Crippen LogP contribution in [0.1, 0.15) is 41.3 Å². The molecule has 0 unspecified atom stereocenters. The summed E-state index contributed by atoms with van der Waals surface area (Å²) in [5.74, 6) is 1.03. The molecule has 1 heterocycles. The van der Waals surface area contributed by atoms with Gasteiger partial charge in [-0.05, 0) is 49.1 Å². The van der Waals surface area contributed by atoms with E-state index < -0.39 is 0 Å². The topological polar surface area (TPSA) is 71.0 Å². The number of aliphatic hydroxyl groups is 1. The molecule has 2 N–H and O–H groups in total. The van der Waals surface area contributed by atoms with Gasteiger partial charge in [-0.1, -0.05) is 24.3 Å². The van der Waals surface area contributed by atoms with Crippen LogP contribution in [0.25, 0.3) is 0 Å². The summed E-state index contributed by atoms with van der Waals surface area (Å²) in [5.41, 5.74) is 2.84. The number of aliphatic hydroxyl groups excluding tert-OH is 1. The first-order valence-corrected chi connectivity index (χ1v) is 10.2. The van der Waals surface area contributed by atoms with Gasteiger partial charge in [-0.25, -0.2) is 0 Å². The Labute approximate surface area is 172 Å². The fourth-order valence-corrected chi connectivity index (χ4v) is 3.56. The van der Waals surface area contributed by atoms with Crippen LogP contribution in [0.5, 0.6) is 11.5 Å². The van der Waals surface area contributed by atoms with Gasteiger partial charge in [0.05, 0.1) is 19.8 Å². The van der Waals surface area contributed by atoms with Crippen LogP contribution in [-0.4, -0.2) is 48.8 Å². The summed E-state index contributed by atoms with van der Waals surface area (Å²) in [6, 6.07) is 13.4. The van der Waals surface area contributed by atoms with Crippen LogP contribution in [-0.2, 0) is 13.1 Å². The second-order valence-corrected chi connectivity index (χ2v) is 7.26. The predicted molar refractivity (Wildman–Crippen MR) is 112 cm³/mol. The molecule has 2 aromatic carbocycles. The Morgan fingerprint density at radius 1 is 1.14 bits per heavy atom. The SMILES string of the molecule is CCOc1ccc(C(=O)NCc2ccccc2CN2CCC(O)CC2)cc1OC. The summed E-state index contributed by atoms with van der Waals surface area (Å²) in [4.78, 5) is 15.0. The number of methoxy groups -OCH3 is 1. The fourth-order valence-electron chi connectivity index (χ4n) is 3.56. The molecule has 6 heteroatoms. The van der Waals surface area contributed by atoms with Gasteiger partial charge in [-0.3, -0.25) is 9.69 Å². The van der Waals surface area contributed by atoms with Gasteiger partial charge in [-0.15, -0.1) is 0 Å². The molecule has 0 atom stereocenters. The number of piperidine rings is 1. The number of nitrogens with zero attached hydrogens (tertiary/aromatic N) is 1. The van der Waals surface area contributed by atoms with Crippen LogP contribution < -0.4 is 14.8 Å². The number of rotatable bonds is 8. The molecule has 1 aliphatic heterocycles. The number of ether oxygens (including phenoxy) is 2. The van der Waals surface area contributed by atoms with Crippen molar-refractivity contribution < 1.29 is 19.4 Å². The van der Waals surface area contributed by atoms with Gasteiger partial charge in [0.2, 0.25) is 0 Å². The Morgan fingerprint density at radius 2 is 1.86 bits per heavy atom. The zero-order valence-electron chi connectivity index (χ0n) is 17.2. The van der Waals surface area contributed by atoms with Gasteiger partial charge in [0.1, 0.15) is 0 Å². The summed E-state index contributed by atoms with van der Waals surface area (Å²) in [7, 11) is 1.56. The van der Waals surface area contributed by atoms with Crippen molar-refractivity contribution in [2.75, 3.05) is 26.8 Å². The van der Waals surface area contributed by atoms with Crippen molar-refractivity contribution in [2.45, 2.75) is 39.0 Å². The number of carbonyl (C=O) groups is 1. The number of likely N-dealkylation sites (tertiary alicyclic amines) is 1. The number of amides is 1. The zero-order valence-corrected chi connectivity index (χ0v) is 17.2. The molecule has 0 bridgehead atoms. The lowest BCUT2D eigenvalue weighted by atomic mass is 10.0. The molecular formula is C23H30N2O4. The number of hydrogen-bond donors (Lipinski definition) is 2. The van der Waals surface area contributed by atoms with Gasteiger partial charge in [0.25, 0.3) is 5.91 Å². The highest BCUT2D eigenvalue weighted by Gasteiger charge is 2.18. The molecule has 1 fully saturated rings. The van der Waals surface area contributed by atoms with E-state index in [0.29, 0.717) is 30.2 Å². The standard InChI is InChI=1S/C23H30N2O4/c1-3-29-21-9-8-17(14-22(21)28-2)23(27)24-15-18-6-4-5-7-19(18)16-25-12-10-20(26)11-13-25/h4-9,14,20,26H,3,10-13,15-16H2,1-2H3,(H,24,27). The molecule has 1 amide bonds. The van der Waals surface area contributed by atoms with Crippen molar-refractivity contribution in [1.82, 2.24) is 10.2 Å². The summed E-state index contributed by atoms with van der Waals surface area (Å²) in [6.07, 6.45) is 1.46. The average molecular weight is 399 g/mol. The Balaban J connectivity index is 1.63. The van der Waals surface area contributed by atoms with E-state index in [2.05, 4.69) is 16.3 Å². The quantitative estimate of drug-likeness (QED) is 0.715. The Morgan fingerprint density at radius 3 is 2.55 bits per heavy atom. The lowest BCUT2D eigenvalue weighted by molar-refractivity contribution is 0.0790. The summed E-state index contributed by atoms with van der Waals surface area (Å²) >= 11 is 0. The van der Waals surface area contributed by atoms with Crippen molar-refractivity contribution in [3.05, 3.63) is 59.2 Å². The number of hydrogen-bond acceptors (Lipinski definition) is 5. The number of benzene rings is 2. The molecule has 1 saturated heterocycles. The normalized spacial score (nSPS) is 15.1. The molecule has 2 aromatic rings. The van der Waals surface area contributed by atoms with Crippen LogP contribution in [0.2, 0.25) is 0 Å². The first kappa shape index (κ1) is 21.1. The molecule has 0 spiro atoms. The first-order valence-electron chi connectivity index (χ1n) is 10.2. The maximum absolute atomic E-state index is 12.6. The minimum absolute atomic E-state index is 0.151. The minimum atomic E-state index is -0.174. The molecule has 0 radical (unpaired) electrons. The monoisotopic (exact) mass is 398 g/mol. The molecule has 0 saturated carbocycles. The van der Waals surface area contributed by atoms with Crippen molar-refractivity contribution >= 4 is 5.91 Å². The van der Waals surface area contributed by atoms with Crippen molar-refractivity contribution in [3.8, 4) is 11.5 Å². The van der Waals surface area contributed by atoms with E-state index in [-0.39, 0.29) is 12.0 Å². The van der Waals surface area contributed by atoms with Crippen LogP contribution in [0.4, 0.5) is 0 Å². The zero-order chi connectivity index (χ0) is 20.6. The Hall–Kier alpha value is -2.57. The van der Waals surface area contributed by atoms with Crippen LogP contribution >= 0.6 is 0 Å². The summed E-state index contributed by atoms with van der Waals surface area (Å²) < 4.78 is 10.8. The summed E-state index contributed by atoms with van der Waals surface area (Å²) in [6.45, 7) is 5.52. The second-order valence-electron chi connectivity index (χ2n) is 7.26. The largest absolute Gasteiger partial charge is 0.493 e. The van der Waals surface area contributed by atoms with Crippen molar-refractivity contribution in [3.63, 3.8) is 0 Å². The van der Waals surface area contributed by atoms with Crippen LogP contribution in [0.3, 0.4) is 0 Å². The third kappa shape index (κ3) is 5.71. The van der Waals surface area contributed by atoms with E-state index in [1.165, 1.54) is 5.56 Å². The lowest BCUT2D eigenvalue weighted by Gasteiger charge is -2.30. The molecule has 0 aliphatic carbocycles. The summed E-state index contributed by atoms with van der Waals surface area (Å²) in [5, 5.41) is 12.7. The van der Waals surface area contributed by atoms with Gasteiger partial charge < -0.3 is 19.9 Å². The highest BCUT2D eigenvalue weighted by atomic mass is 16.5. The lowest BCUT2D eigenvalue weighted by Crippen LogP contribution is -2.35. The fraction of sp³-hybridized carbons (Fsp3) is 0.435. The minimum Gasteiger partial charge on any atom is -0.493 e. The van der Waals surface area contributed by atoms with Gasteiger partial charge in [-0.2, -0.15) is 0 Å². The highest BCUT2D eigenvalue weighted by molar-refractivity contribution is 5.94. The van der Waals surface area contributed by atoms with E-state index in [4.69, 9.17) is 9.47 Å². The molecule has 0 aromatic heterocycles. The highest BCUT2D eigenvalue weighted by Crippen LogP contribution is 2.28. The Bertz CT molecular complexity index is 816. The number of carbonyl (C=O) groups excluding carboxylic acids is 1. The van der Waals surface area contributed by atoms with E-state index in [9.17, 15) is 9.90 Å². The van der Waals surface area contributed by atoms with Gasteiger partial charge in [0.15, 0.2) is 11.5 Å². The third-order valence-electron chi connectivity index (χ3n) is 5.23. The van der Waals surface area contributed by atoms with Crippen LogP contribution in [0, 0.1) is 0 Å². The van der Waals surface area contributed by atoms with E-state index >= 15 is 0 Å². The van der Waals surface area contributed by atoms with Crippen molar-refractivity contribution in [1.29, 1.82) is 0 Å². The van der Waals surface area contributed by atoms with Gasteiger partial charge >= 0.3 is 0 Å². The predicted octanol–water partition coefficient (Wildman–Crippen LogP) is 2.98. The number of nitrogens with one attached hydrogen (secondary N) is 1. The molecule has 29 heavy (non-hydrogen) atoms. The van der Waals surface area contributed by atoms with Crippen molar-refractivity contribution in [2.24, 2.45) is 0 Å². The first-order chi connectivity index (χ1) is 14.1. The average Bonchev–Trinajstić information content (AvgIpc) is 2.75. The smallest absolute Gasteiger partial charge is 0.251 e. The van der Waals surface area contributed by atoms with E-state index in [0.717, 1.165) is 38.0 Å². The Kier molecular flexibility index (Phi) is 7.49. The molecule has 3 rings (SSSR count). The maximum Gasteiger partial charge on any atom is 0.251 e. The molecular weight excluding hydrogens is 368 g/mol. The van der Waals surface area contributed by atoms with Crippen LogP contribution in [0.15, 0.2) is 42.5 Å². The second kappa shape index (κ2) is 10.3. The third-order valence-corrected chi connectivity index (χ3v) is 5.23. The molecule has 6 nitrogen and oxygen atoms in total. The molecule has 1 aliphatic rings. The maximum atomic E-state index is 12.6. The van der Waals surface area contributed by atoms with Gasteiger partial charge in [0, 0.05) is 31.7 Å². The molecule has 156 valence electrons. The van der Waals surface area contributed by atoms with E-state index in [1.54, 1.807) is 25.3 Å².